The number of aromatic nitrogens is 4. The number of aryl methyl sites for hydroxylation is 1. The van der Waals surface area contributed by atoms with Gasteiger partial charge in [-0.2, -0.15) is 5.10 Å². The van der Waals surface area contributed by atoms with Crippen molar-refractivity contribution in [2.75, 3.05) is 18.1 Å². The zero-order chi connectivity index (χ0) is 11.7. The lowest BCUT2D eigenvalue weighted by molar-refractivity contribution is 0.772. The van der Waals surface area contributed by atoms with Crippen LogP contribution in [-0.2, 0) is 7.05 Å². The topological polar surface area (TPSA) is 81.7 Å². The van der Waals surface area contributed by atoms with Crippen molar-refractivity contribution in [3.05, 3.63) is 16.9 Å². The van der Waals surface area contributed by atoms with Gasteiger partial charge in [-0.3, -0.25) is 4.68 Å². The summed E-state index contributed by atoms with van der Waals surface area (Å²) in [6.45, 7) is 0. The molecule has 0 aromatic carbocycles. The number of halogens is 1. The van der Waals surface area contributed by atoms with Gasteiger partial charge in [-0.05, 0) is 15.9 Å². The fourth-order valence-corrected chi connectivity index (χ4v) is 1.63. The van der Waals surface area contributed by atoms with Gasteiger partial charge < -0.3 is 11.1 Å². The highest BCUT2D eigenvalue weighted by atomic mass is 79.9. The molecule has 2 heterocycles. The highest BCUT2D eigenvalue weighted by Crippen LogP contribution is 2.28. The normalized spacial score (nSPS) is 10.4. The SMILES string of the molecule is CNc1nn(C)c(-c2ncc(Br)cn2)c1N. The van der Waals surface area contributed by atoms with Crippen LogP contribution in [0.1, 0.15) is 0 Å². The maximum Gasteiger partial charge on any atom is 0.180 e. The molecule has 2 rings (SSSR count). The average Bonchev–Trinajstić information content (AvgIpc) is 2.56. The minimum atomic E-state index is 0.548. The maximum absolute atomic E-state index is 5.95. The molecule has 2 aromatic rings. The molecule has 0 aliphatic rings. The highest BCUT2D eigenvalue weighted by molar-refractivity contribution is 9.10. The number of nitrogens with zero attached hydrogens (tertiary/aromatic N) is 4. The molecule has 6 nitrogen and oxygen atoms in total. The van der Waals surface area contributed by atoms with E-state index >= 15 is 0 Å². The van der Waals surface area contributed by atoms with Crippen molar-refractivity contribution in [3.8, 4) is 11.5 Å². The molecule has 84 valence electrons. The Morgan fingerprint density at radius 3 is 2.50 bits per heavy atom. The standard InChI is InChI=1S/C9H11BrN6/c1-12-8-6(11)7(16(2)15-8)9-13-3-5(10)4-14-9/h3-4H,11H2,1-2H3,(H,12,15). The summed E-state index contributed by atoms with van der Waals surface area (Å²) in [5.74, 6) is 1.18. The summed E-state index contributed by atoms with van der Waals surface area (Å²) in [5.41, 5.74) is 7.20. The van der Waals surface area contributed by atoms with Crippen molar-refractivity contribution < 1.29 is 0 Å². The number of nitrogens with one attached hydrogen (secondary N) is 1. The Bertz CT molecular complexity index is 503. The fraction of sp³-hybridized carbons (Fsp3) is 0.222. The number of nitrogen functional groups attached to an aromatic ring is 1. The zero-order valence-electron chi connectivity index (χ0n) is 8.90. The molecular formula is C9H11BrN6. The molecule has 0 saturated carbocycles. The molecule has 2 aromatic heterocycles. The Kier molecular flexibility index (Phi) is 2.78. The van der Waals surface area contributed by atoms with Gasteiger partial charge in [-0.15, -0.1) is 0 Å². The van der Waals surface area contributed by atoms with Gasteiger partial charge in [0.15, 0.2) is 11.6 Å². The first-order valence-corrected chi connectivity index (χ1v) is 5.41. The van der Waals surface area contributed by atoms with E-state index in [1.54, 1.807) is 31.2 Å². The van der Waals surface area contributed by atoms with Gasteiger partial charge in [0, 0.05) is 26.5 Å². The summed E-state index contributed by atoms with van der Waals surface area (Å²) in [6.07, 6.45) is 3.35. The van der Waals surface area contributed by atoms with E-state index in [2.05, 4.69) is 36.3 Å². The molecule has 0 spiro atoms. The molecule has 0 radical (unpaired) electrons. The molecule has 0 saturated heterocycles. The molecule has 0 atom stereocenters. The lowest BCUT2D eigenvalue weighted by Gasteiger charge is -2.01. The van der Waals surface area contributed by atoms with Crippen LogP contribution in [0.5, 0.6) is 0 Å². The quantitative estimate of drug-likeness (QED) is 0.867. The van der Waals surface area contributed by atoms with Crippen molar-refractivity contribution >= 4 is 27.4 Å². The lowest BCUT2D eigenvalue weighted by Crippen LogP contribution is -1.99. The molecule has 0 fully saturated rings. The second-order valence-electron chi connectivity index (χ2n) is 3.21. The second kappa shape index (κ2) is 4.09. The van der Waals surface area contributed by atoms with E-state index < -0.39 is 0 Å². The van der Waals surface area contributed by atoms with E-state index in [4.69, 9.17) is 5.73 Å². The first kappa shape index (κ1) is 10.9. The van der Waals surface area contributed by atoms with Crippen molar-refractivity contribution in [1.29, 1.82) is 0 Å². The number of nitrogens with two attached hydrogens (primary N) is 1. The maximum atomic E-state index is 5.95. The van der Waals surface area contributed by atoms with Crippen LogP contribution >= 0.6 is 15.9 Å². The summed E-state index contributed by atoms with van der Waals surface area (Å²) in [7, 11) is 3.57. The summed E-state index contributed by atoms with van der Waals surface area (Å²) >= 11 is 3.28. The second-order valence-corrected chi connectivity index (χ2v) is 4.13. The monoisotopic (exact) mass is 282 g/mol. The number of anilines is 2. The predicted octanol–water partition coefficient (Wildman–Crippen LogP) is 1.26. The van der Waals surface area contributed by atoms with Crippen LogP contribution < -0.4 is 11.1 Å². The zero-order valence-corrected chi connectivity index (χ0v) is 10.5. The summed E-state index contributed by atoms with van der Waals surface area (Å²) < 4.78 is 2.48. The molecule has 7 heteroatoms. The minimum absolute atomic E-state index is 0.548. The van der Waals surface area contributed by atoms with Gasteiger partial charge in [-0.1, -0.05) is 0 Å². The van der Waals surface area contributed by atoms with Gasteiger partial charge in [0.2, 0.25) is 0 Å². The summed E-state index contributed by atoms with van der Waals surface area (Å²) in [6, 6.07) is 0. The molecular weight excluding hydrogens is 272 g/mol. The Labute approximate surface area is 101 Å². The van der Waals surface area contributed by atoms with Crippen molar-refractivity contribution in [1.82, 2.24) is 19.7 Å². The average molecular weight is 283 g/mol. The van der Waals surface area contributed by atoms with E-state index in [0.717, 1.165) is 4.47 Å². The molecule has 0 bridgehead atoms. The van der Waals surface area contributed by atoms with Crippen molar-refractivity contribution in [3.63, 3.8) is 0 Å². The Morgan fingerprint density at radius 2 is 2.00 bits per heavy atom. The Hall–Kier alpha value is -1.63. The molecule has 3 N–H and O–H groups in total. The third kappa shape index (κ3) is 1.73. The Balaban J connectivity index is 2.55. The van der Waals surface area contributed by atoms with Gasteiger partial charge in [0.05, 0.1) is 4.47 Å². The van der Waals surface area contributed by atoms with E-state index in [0.29, 0.717) is 23.0 Å². The number of rotatable bonds is 2. The van der Waals surface area contributed by atoms with Crippen LogP contribution in [-0.4, -0.2) is 26.8 Å². The molecule has 16 heavy (non-hydrogen) atoms. The van der Waals surface area contributed by atoms with Crippen LogP contribution in [0.3, 0.4) is 0 Å². The van der Waals surface area contributed by atoms with Crippen LogP contribution in [0.2, 0.25) is 0 Å². The molecule has 0 amide bonds. The van der Waals surface area contributed by atoms with Crippen LogP contribution in [0, 0.1) is 0 Å². The number of hydrogen-bond donors (Lipinski definition) is 2. The smallest absolute Gasteiger partial charge is 0.180 e. The van der Waals surface area contributed by atoms with Gasteiger partial charge in [-0.25, -0.2) is 9.97 Å². The first-order valence-electron chi connectivity index (χ1n) is 4.61. The molecule has 0 aliphatic carbocycles. The van der Waals surface area contributed by atoms with Gasteiger partial charge >= 0.3 is 0 Å². The van der Waals surface area contributed by atoms with Crippen LogP contribution in [0.25, 0.3) is 11.5 Å². The largest absolute Gasteiger partial charge is 0.394 e. The third-order valence-electron chi connectivity index (χ3n) is 2.15. The van der Waals surface area contributed by atoms with Crippen molar-refractivity contribution in [2.24, 2.45) is 7.05 Å². The predicted molar refractivity (Wildman–Crippen MR) is 65.9 cm³/mol. The first-order chi connectivity index (χ1) is 7.63. The highest BCUT2D eigenvalue weighted by Gasteiger charge is 2.15. The summed E-state index contributed by atoms with van der Waals surface area (Å²) in [5, 5.41) is 7.13. The number of hydrogen-bond acceptors (Lipinski definition) is 5. The minimum Gasteiger partial charge on any atom is -0.394 e. The van der Waals surface area contributed by atoms with E-state index in [1.807, 2.05) is 0 Å². The molecule has 0 unspecified atom stereocenters. The van der Waals surface area contributed by atoms with Crippen molar-refractivity contribution in [2.45, 2.75) is 0 Å². The van der Waals surface area contributed by atoms with E-state index in [-0.39, 0.29) is 0 Å². The third-order valence-corrected chi connectivity index (χ3v) is 2.56. The molecule has 0 aliphatic heterocycles. The van der Waals surface area contributed by atoms with Crippen LogP contribution in [0.15, 0.2) is 16.9 Å². The Morgan fingerprint density at radius 1 is 1.38 bits per heavy atom. The van der Waals surface area contributed by atoms with Gasteiger partial charge in [0.1, 0.15) is 11.4 Å². The lowest BCUT2D eigenvalue weighted by atomic mass is 10.3. The van der Waals surface area contributed by atoms with E-state index in [9.17, 15) is 0 Å². The fourth-order valence-electron chi connectivity index (χ4n) is 1.42. The summed E-state index contributed by atoms with van der Waals surface area (Å²) in [4.78, 5) is 8.38. The van der Waals surface area contributed by atoms with Crippen LogP contribution in [0.4, 0.5) is 11.5 Å². The van der Waals surface area contributed by atoms with E-state index in [1.165, 1.54) is 0 Å². The van der Waals surface area contributed by atoms with Gasteiger partial charge in [0.25, 0.3) is 0 Å².